The Hall–Kier alpha value is -3.76. The van der Waals surface area contributed by atoms with E-state index in [0.29, 0.717) is 5.56 Å². The molecule has 180 valence electrons. The van der Waals surface area contributed by atoms with Crippen LogP contribution < -0.4 is 0 Å². The van der Waals surface area contributed by atoms with Crippen LogP contribution in [0.4, 0.5) is 13.2 Å². The third-order valence-corrected chi connectivity index (χ3v) is 6.80. The normalized spacial score (nSPS) is 12.5. The van der Waals surface area contributed by atoms with Gasteiger partial charge in [-0.1, -0.05) is 84.0 Å². The monoisotopic (exact) mass is 499 g/mol. The van der Waals surface area contributed by atoms with Gasteiger partial charge in [-0.2, -0.15) is 22.5 Å². The Morgan fingerprint density at radius 1 is 0.829 bits per heavy atom. The van der Waals surface area contributed by atoms with Crippen LogP contribution in [-0.2, 0) is 29.3 Å². The van der Waals surface area contributed by atoms with E-state index in [4.69, 9.17) is 0 Å². The van der Waals surface area contributed by atoms with E-state index in [9.17, 15) is 21.6 Å². The quantitative estimate of drug-likeness (QED) is 0.313. The number of aromatic nitrogens is 2. The number of rotatable bonds is 8. The van der Waals surface area contributed by atoms with Crippen LogP contribution in [0.5, 0.6) is 0 Å². The van der Waals surface area contributed by atoms with Gasteiger partial charge >= 0.3 is 12.1 Å². The van der Waals surface area contributed by atoms with Crippen molar-refractivity contribution in [3.8, 4) is 0 Å². The average molecular weight is 500 g/mol. The summed E-state index contributed by atoms with van der Waals surface area (Å²) in [5, 5.41) is 3.27. The van der Waals surface area contributed by atoms with E-state index in [-0.39, 0.29) is 23.8 Å². The minimum Gasteiger partial charge on any atom is -0.329 e. The molecule has 0 unspecified atom stereocenters. The summed E-state index contributed by atoms with van der Waals surface area (Å²) in [6.07, 6.45) is -2.10. The summed E-state index contributed by atoms with van der Waals surface area (Å²) >= 11 is 0. The Bertz CT molecular complexity index is 1360. The van der Waals surface area contributed by atoms with Crippen LogP contribution in [0.15, 0.2) is 94.3 Å². The summed E-state index contributed by atoms with van der Waals surface area (Å²) in [5.74, 6) is -1.73. The van der Waals surface area contributed by atoms with Gasteiger partial charge in [0.25, 0.3) is 0 Å². The fourth-order valence-electron chi connectivity index (χ4n) is 3.32. The van der Waals surface area contributed by atoms with Gasteiger partial charge in [-0.15, -0.1) is 0 Å². The van der Waals surface area contributed by atoms with Gasteiger partial charge in [0.1, 0.15) is 0 Å². The van der Waals surface area contributed by atoms with Crippen LogP contribution in [0.2, 0.25) is 0 Å². The first-order valence-electron chi connectivity index (χ1n) is 10.5. The molecule has 10 heteroatoms. The summed E-state index contributed by atoms with van der Waals surface area (Å²) in [6, 6.07) is 24.6. The molecule has 35 heavy (non-hydrogen) atoms. The van der Waals surface area contributed by atoms with Gasteiger partial charge in [-0.3, -0.25) is 0 Å². The zero-order valence-electron chi connectivity index (χ0n) is 18.3. The lowest BCUT2D eigenvalue weighted by molar-refractivity contribution is -0.159. The standard InChI is InChI=1S/C25H20F3N3O3S/c26-25(27,28)24-29-23(30-34-24)15-14-19-12-7-13-22(16-19)35(32,33)31(17-20-8-3-1-4-9-20)18-21-10-5-2-6-11-21/h1-16H,17-18H2. The predicted octanol–water partition coefficient (Wildman–Crippen LogP) is 5.65. The lowest BCUT2D eigenvalue weighted by Gasteiger charge is -2.23. The summed E-state index contributed by atoms with van der Waals surface area (Å²) in [5.41, 5.74) is 2.12. The Labute approximate surface area is 200 Å². The molecule has 4 rings (SSSR count). The first kappa shape index (κ1) is 24.4. The predicted molar refractivity (Wildman–Crippen MR) is 124 cm³/mol. The van der Waals surface area contributed by atoms with Gasteiger partial charge in [0.15, 0.2) is 5.82 Å². The molecule has 1 aromatic heterocycles. The van der Waals surface area contributed by atoms with Gasteiger partial charge < -0.3 is 4.52 Å². The van der Waals surface area contributed by atoms with Gasteiger partial charge in [0, 0.05) is 13.1 Å². The summed E-state index contributed by atoms with van der Waals surface area (Å²) in [7, 11) is -3.92. The minimum absolute atomic E-state index is 0.0515. The van der Waals surface area contributed by atoms with Gasteiger partial charge in [0.2, 0.25) is 10.0 Å². The van der Waals surface area contributed by atoms with Crippen molar-refractivity contribution in [2.45, 2.75) is 24.2 Å². The van der Waals surface area contributed by atoms with Crippen molar-refractivity contribution in [3.63, 3.8) is 0 Å². The molecular weight excluding hydrogens is 479 g/mol. The molecule has 3 aromatic carbocycles. The average Bonchev–Trinajstić information content (AvgIpc) is 3.34. The van der Waals surface area contributed by atoms with Gasteiger partial charge in [-0.25, -0.2) is 8.42 Å². The Balaban J connectivity index is 1.61. The second-order valence-electron chi connectivity index (χ2n) is 7.61. The molecule has 0 aliphatic carbocycles. The number of hydrogen-bond donors (Lipinski definition) is 0. The maximum absolute atomic E-state index is 13.6. The lowest BCUT2D eigenvalue weighted by Crippen LogP contribution is -2.30. The van der Waals surface area contributed by atoms with E-state index in [0.717, 1.165) is 11.1 Å². The molecule has 0 spiro atoms. The highest BCUT2D eigenvalue weighted by atomic mass is 32.2. The molecule has 0 aliphatic rings. The van der Waals surface area contributed by atoms with Crippen molar-refractivity contribution < 1.29 is 26.1 Å². The van der Waals surface area contributed by atoms with Crippen LogP contribution in [0.1, 0.15) is 28.4 Å². The molecule has 0 N–H and O–H groups in total. The highest BCUT2D eigenvalue weighted by molar-refractivity contribution is 7.89. The maximum Gasteiger partial charge on any atom is 0.471 e. The van der Waals surface area contributed by atoms with E-state index >= 15 is 0 Å². The fraction of sp³-hybridized carbons (Fsp3) is 0.120. The van der Waals surface area contributed by atoms with Crippen molar-refractivity contribution in [1.29, 1.82) is 0 Å². The minimum atomic E-state index is -4.74. The summed E-state index contributed by atoms with van der Waals surface area (Å²) < 4.78 is 70.8. The second-order valence-corrected chi connectivity index (χ2v) is 9.54. The number of halogens is 3. The first-order valence-corrected chi connectivity index (χ1v) is 11.9. The molecule has 0 fully saturated rings. The number of sulfonamides is 1. The Kier molecular flexibility index (Phi) is 7.13. The Morgan fingerprint density at radius 3 is 1.97 bits per heavy atom. The smallest absolute Gasteiger partial charge is 0.329 e. The molecule has 0 saturated carbocycles. The molecule has 0 aliphatic heterocycles. The Morgan fingerprint density at radius 2 is 1.43 bits per heavy atom. The first-order chi connectivity index (χ1) is 16.7. The number of benzene rings is 3. The largest absolute Gasteiger partial charge is 0.471 e. The lowest BCUT2D eigenvalue weighted by atomic mass is 10.2. The third-order valence-electron chi connectivity index (χ3n) is 5.01. The molecule has 4 aromatic rings. The van der Waals surface area contributed by atoms with Crippen molar-refractivity contribution in [2.75, 3.05) is 0 Å². The molecular formula is C25H20F3N3O3S. The van der Waals surface area contributed by atoms with E-state index in [1.54, 1.807) is 12.1 Å². The SMILES string of the molecule is O=S(=O)(c1cccc(C=Cc2noc(C(F)(F)F)n2)c1)N(Cc1ccccc1)Cc1ccccc1. The van der Waals surface area contributed by atoms with E-state index < -0.39 is 22.1 Å². The van der Waals surface area contributed by atoms with E-state index in [1.807, 2.05) is 60.7 Å². The number of alkyl halides is 3. The van der Waals surface area contributed by atoms with Gasteiger partial charge in [-0.05, 0) is 34.9 Å². The van der Waals surface area contributed by atoms with Crippen LogP contribution in [0, 0.1) is 0 Å². The molecule has 0 bridgehead atoms. The summed E-state index contributed by atoms with van der Waals surface area (Å²) in [4.78, 5) is 3.33. The zero-order valence-corrected chi connectivity index (χ0v) is 19.1. The molecule has 0 radical (unpaired) electrons. The zero-order chi connectivity index (χ0) is 24.9. The topological polar surface area (TPSA) is 76.3 Å². The molecule has 0 amide bonds. The number of hydrogen-bond acceptors (Lipinski definition) is 5. The highest BCUT2D eigenvalue weighted by Gasteiger charge is 2.38. The van der Waals surface area contributed by atoms with Crippen molar-refractivity contribution in [3.05, 3.63) is 113 Å². The summed E-state index contributed by atoms with van der Waals surface area (Å²) in [6.45, 7) is 0.336. The van der Waals surface area contributed by atoms with Crippen LogP contribution >= 0.6 is 0 Å². The van der Waals surface area contributed by atoms with Crippen LogP contribution in [0.3, 0.4) is 0 Å². The van der Waals surface area contributed by atoms with Crippen molar-refractivity contribution >= 4 is 22.2 Å². The molecule has 6 nitrogen and oxygen atoms in total. The molecule has 1 heterocycles. The maximum atomic E-state index is 13.6. The second kappa shape index (κ2) is 10.2. The van der Waals surface area contributed by atoms with Gasteiger partial charge in [0.05, 0.1) is 4.90 Å². The van der Waals surface area contributed by atoms with Crippen LogP contribution in [0.25, 0.3) is 12.2 Å². The van der Waals surface area contributed by atoms with E-state index in [2.05, 4.69) is 14.7 Å². The highest BCUT2D eigenvalue weighted by Crippen LogP contribution is 2.28. The molecule has 0 saturated heterocycles. The number of nitrogens with zero attached hydrogens (tertiary/aromatic N) is 3. The van der Waals surface area contributed by atoms with E-state index in [1.165, 1.54) is 28.6 Å². The van der Waals surface area contributed by atoms with Crippen LogP contribution in [-0.4, -0.2) is 22.9 Å². The fourth-order valence-corrected chi connectivity index (χ4v) is 4.79. The molecule has 0 atom stereocenters. The third kappa shape index (κ3) is 6.23. The van der Waals surface area contributed by atoms with Crippen molar-refractivity contribution in [1.82, 2.24) is 14.4 Å². The van der Waals surface area contributed by atoms with Crippen molar-refractivity contribution in [2.24, 2.45) is 0 Å².